The third-order valence-electron chi connectivity index (χ3n) is 1.90. The zero-order valence-electron chi connectivity index (χ0n) is 8.57. The van der Waals surface area contributed by atoms with Crippen LogP contribution in [0, 0.1) is 0 Å². The molecule has 0 aliphatic carbocycles. The van der Waals surface area contributed by atoms with Gasteiger partial charge in [-0.05, 0) is 5.92 Å². The van der Waals surface area contributed by atoms with Gasteiger partial charge in [-0.2, -0.15) is 0 Å². The van der Waals surface area contributed by atoms with Crippen molar-refractivity contribution >= 4 is 0 Å². The largest absolute Gasteiger partial charge is 0.327 e. The topological polar surface area (TPSA) is 42.2 Å². The molecule has 72 valence electrons. The van der Waals surface area contributed by atoms with Gasteiger partial charge in [0, 0.05) is 14.1 Å². The Morgan fingerprint density at radius 1 is 1.54 bits per heavy atom. The van der Waals surface area contributed by atoms with Gasteiger partial charge in [-0.15, -0.1) is 0 Å². The van der Waals surface area contributed by atoms with Gasteiger partial charge in [0.15, 0.2) is 5.49 Å². The summed E-state index contributed by atoms with van der Waals surface area (Å²) in [6.07, 6.45) is 3.73. The second-order valence-corrected chi connectivity index (χ2v) is 3.14. The fourth-order valence-corrected chi connectivity index (χ4v) is 1.07. The lowest BCUT2D eigenvalue weighted by Crippen LogP contribution is -2.28. The van der Waals surface area contributed by atoms with E-state index in [1.807, 2.05) is 17.9 Å². The molecule has 0 saturated carbocycles. The van der Waals surface area contributed by atoms with Crippen LogP contribution >= 0.6 is 0 Å². The van der Waals surface area contributed by atoms with Gasteiger partial charge in [0.05, 0.1) is 18.1 Å². The van der Waals surface area contributed by atoms with E-state index in [4.69, 9.17) is 0 Å². The van der Waals surface area contributed by atoms with Gasteiger partial charge >= 0.3 is 0 Å². The maximum absolute atomic E-state index is 4.30. The molecule has 0 aliphatic rings. The van der Waals surface area contributed by atoms with Crippen LogP contribution in [-0.4, -0.2) is 23.8 Å². The number of rotatable bonds is 2. The number of nitrogens with one attached hydrogen (secondary N) is 1. The molecule has 1 aromatic rings. The summed E-state index contributed by atoms with van der Waals surface area (Å²) in [5, 5.41) is 0. The summed E-state index contributed by atoms with van der Waals surface area (Å²) < 4.78 is 1.86. The van der Waals surface area contributed by atoms with Gasteiger partial charge in [-0.1, -0.05) is 13.8 Å². The first kappa shape index (κ1) is 9.77. The number of nitrogens with zero attached hydrogens (tertiary/aromatic N) is 3. The molecular formula is C9H16N4. The Hall–Kier alpha value is -1.32. The maximum atomic E-state index is 4.30. The zero-order chi connectivity index (χ0) is 9.84. The van der Waals surface area contributed by atoms with E-state index >= 15 is 0 Å². The molecule has 1 N–H and O–H groups in total. The standard InChI is InChI=1S/C9H16N4/c1-7(2)8-6-13(11-4)9(10-3)5-12-8/h5-7,11H,1-4H3. The van der Waals surface area contributed by atoms with Gasteiger partial charge in [-0.25, -0.2) is 4.68 Å². The lowest BCUT2D eigenvalue weighted by molar-refractivity contribution is 0.746. The fourth-order valence-electron chi connectivity index (χ4n) is 1.07. The highest BCUT2D eigenvalue weighted by atomic mass is 15.4. The van der Waals surface area contributed by atoms with Crippen LogP contribution in [0.3, 0.4) is 0 Å². The van der Waals surface area contributed by atoms with Crippen molar-refractivity contribution in [3.63, 3.8) is 0 Å². The van der Waals surface area contributed by atoms with E-state index in [0.29, 0.717) is 5.92 Å². The highest BCUT2D eigenvalue weighted by Crippen LogP contribution is 2.07. The molecule has 0 saturated heterocycles. The van der Waals surface area contributed by atoms with Crippen molar-refractivity contribution < 1.29 is 0 Å². The number of aromatic nitrogens is 2. The molecule has 1 rings (SSSR count). The Morgan fingerprint density at radius 2 is 2.23 bits per heavy atom. The maximum Gasteiger partial charge on any atom is 0.164 e. The molecule has 13 heavy (non-hydrogen) atoms. The molecule has 1 heterocycles. The minimum absolute atomic E-state index is 0.436. The summed E-state index contributed by atoms with van der Waals surface area (Å²) in [6.45, 7) is 4.23. The first-order valence-electron chi connectivity index (χ1n) is 4.38. The van der Waals surface area contributed by atoms with Gasteiger partial charge < -0.3 is 5.43 Å². The van der Waals surface area contributed by atoms with Crippen LogP contribution in [0.15, 0.2) is 17.4 Å². The number of hydrogen-bond acceptors (Lipinski definition) is 3. The normalized spacial score (nSPS) is 12.2. The Labute approximate surface area is 78.3 Å². The monoisotopic (exact) mass is 180 g/mol. The number of hydrogen-bond donors (Lipinski definition) is 1. The molecule has 1 aromatic heterocycles. The Kier molecular flexibility index (Phi) is 3.06. The molecule has 0 atom stereocenters. The molecule has 0 spiro atoms. The molecule has 0 amide bonds. The van der Waals surface area contributed by atoms with Crippen LogP contribution in [0.2, 0.25) is 0 Å². The van der Waals surface area contributed by atoms with Crippen molar-refractivity contribution in [2.45, 2.75) is 19.8 Å². The molecule has 4 nitrogen and oxygen atoms in total. The zero-order valence-corrected chi connectivity index (χ0v) is 8.57. The second kappa shape index (κ2) is 4.07. The van der Waals surface area contributed by atoms with E-state index < -0.39 is 0 Å². The average molecular weight is 180 g/mol. The van der Waals surface area contributed by atoms with Crippen molar-refractivity contribution in [2.24, 2.45) is 4.99 Å². The molecule has 0 aromatic carbocycles. The minimum atomic E-state index is 0.436. The summed E-state index contributed by atoms with van der Waals surface area (Å²) in [6, 6.07) is 0. The third kappa shape index (κ3) is 2.08. The van der Waals surface area contributed by atoms with Crippen LogP contribution in [0.25, 0.3) is 0 Å². The van der Waals surface area contributed by atoms with Crippen molar-refractivity contribution in [1.29, 1.82) is 0 Å². The molecule has 0 unspecified atom stereocenters. The molecule has 0 fully saturated rings. The van der Waals surface area contributed by atoms with E-state index in [2.05, 4.69) is 29.2 Å². The highest BCUT2D eigenvalue weighted by Gasteiger charge is 2.01. The quantitative estimate of drug-likeness (QED) is 0.728. The van der Waals surface area contributed by atoms with Crippen LogP contribution in [0.5, 0.6) is 0 Å². The van der Waals surface area contributed by atoms with E-state index in [0.717, 1.165) is 11.2 Å². The van der Waals surface area contributed by atoms with Gasteiger partial charge in [0.2, 0.25) is 0 Å². The summed E-state index contributed by atoms with van der Waals surface area (Å²) in [4.78, 5) is 8.38. The minimum Gasteiger partial charge on any atom is -0.327 e. The Balaban J connectivity index is 3.22. The van der Waals surface area contributed by atoms with Crippen molar-refractivity contribution in [3.8, 4) is 0 Å². The lowest BCUT2D eigenvalue weighted by atomic mass is 10.1. The molecule has 0 bridgehead atoms. The van der Waals surface area contributed by atoms with E-state index in [9.17, 15) is 0 Å². The summed E-state index contributed by atoms with van der Waals surface area (Å²) in [5.74, 6) is 0.436. The molecule has 4 heteroatoms. The first-order chi connectivity index (χ1) is 6.19. The highest BCUT2D eigenvalue weighted by molar-refractivity contribution is 5.02. The first-order valence-corrected chi connectivity index (χ1v) is 4.38. The average Bonchev–Trinajstić information content (AvgIpc) is 2.16. The van der Waals surface area contributed by atoms with Crippen molar-refractivity contribution in [3.05, 3.63) is 23.6 Å². The van der Waals surface area contributed by atoms with E-state index in [-0.39, 0.29) is 0 Å². The lowest BCUT2D eigenvalue weighted by Gasteiger charge is -2.09. The van der Waals surface area contributed by atoms with Gasteiger partial charge in [0.1, 0.15) is 0 Å². The van der Waals surface area contributed by atoms with Crippen molar-refractivity contribution in [1.82, 2.24) is 9.66 Å². The predicted molar refractivity (Wildman–Crippen MR) is 53.1 cm³/mol. The molecular weight excluding hydrogens is 164 g/mol. The predicted octanol–water partition coefficient (Wildman–Crippen LogP) is 0.710. The Bertz CT molecular complexity index is 338. The van der Waals surface area contributed by atoms with Crippen molar-refractivity contribution in [2.75, 3.05) is 19.5 Å². The summed E-state index contributed by atoms with van der Waals surface area (Å²) in [5.41, 5.74) is 4.91. The SMILES string of the molecule is CN=c1cnc(C(C)C)cn1NC. The fraction of sp³-hybridized carbons (Fsp3) is 0.556. The third-order valence-corrected chi connectivity index (χ3v) is 1.90. The van der Waals surface area contributed by atoms with Crippen LogP contribution in [0.1, 0.15) is 25.5 Å². The van der Waals surface area contributed by atoms with Crippen LogP contribution < -0.4 is 10.9 Å². The van der Waals surface area contributed by atoms with E-state index in [1.54, 1.807) is 13.2 Å². The molecule has 0 aliphatic heterocycles. The Morgan fingerprint density at radius 3 is 2.69 bits per heavy atom. The summed E-state index contributed by atoms with van der Waals surface area (Å²) >= 11 is 0. The smallest absolute Gasteiger partial charge is 0.164 e. The second-order valence-electron chi connectivity index (χ2n) is 3.14. The van der Waals surface area contributed by atoms with E-state index in [1.165, 1.54) is 0 Å². The molecule has 0 radical (unpaired) electrons. The van der Waals surface area contributed by atoms with Crippen LogP contribution in [-0.2, 0) is 0 Å². The van der Waals surface area contributed by atoms with Gasteiger partial charge in [-0.3, -0.25) is 9.98 Å². The van der Waals surface area contributed by atoms with Crippen LogP contribution in [0.4, 0.5) is 0 Å². The van der Waals surface area contributed by atoms with Gasteiger partial charge in [0.25, 0.3) is 0 Å². The summed E-state index contributed by atoms with van der Waals surface area (Å²) in [7, 11) is 3.61.